The standard InChI is InChI=1S/C28H42O3S2/c1-5-6-7-8-9-10-12-22-18-25(30)27(24-17-21(4)13-14-23(24)20(2)3)26(19-22)31-28(32)33-16-11-15-29/h17-19,23-24,29-30H,2,5-16H2,1,3-4H3/t23-,24+/m0/s1. The van der Waals surface area contributed by atoms with Gasteiger partial charge < -0.3 is 14.9 Å². The summed E-state index contributed by atoms with van der Waals surface area (Å²) >= 11 is 6.93. The van der Waals surface area contributed by atoms with E-state index in [1.165, 1.54) is 49.4 Å². The number of hydrogen-bond acceptors (Lipinski definition) is 5. The molecule has 184 valence electrons. The topological polar surface area (TPSA) is 49.7 Å². The average Bonchev–Trinajstić information content (AvgIpc) is 2.76. The molecule has 1 aliphatic carbocycles. The fourth-order valence-corrected chi connectivity index (χ4v) is 5.51. The van der Waals surface area contributed by atoms with Crippen molar-refractivity contribution >= 4 is 28.4 Å². The number of unbranched alkanes of at least 4 members (excludes halogenated alkanes) is 5. The van der Waals surface area contributed by atoms with E-state index in [9.17, 15) is 5.11 Å². The average molecular weight is 491 g/mol. The molecule has 2 N–H and O–H groups in total. The molecule has 33 heavy (non-hydrogen) atoms. The molecule has 3 nitrogen and oxygen atoms in total. The maximum atomic E-state index is 11.2. The highest BCUT2D eigenvalue weighted by molar-refractivity contribution is 8.22. The Kier molecular flexibility index (Phi) is 12.6. The molecule has 5 heteroatoms. The van der Waals surface area contributed by atoms with E-state index in [-0.39, 0.29) is 18.4 Å². The predicted octanol–water partition coefficient (Wildman–Crippen LogP) is 8.09. The van der Waals surface area contributed by atoms with Crippen molar-refractivity contribution in [2.45, 2.75) is 90.9 Å². The van der Waals surface area contributed by atoms with Crippen molar-refractivity contribution in [2.24, 2.45) is 5.92 Å². The van der Waals surface area contributed by atoms with Crippen LogP contribution in [-0.2, 0) is 6.42 Å². The van der Waals surface area contributed by atoms with Crippen molar-refractivity contribution in [1.82, 2.24) is 0 Å². The minimum Gasteiger partial charge on any atom is -0.507 e. The van der Waals surface area contributed by atoms with Gasteiger partial charge in [0, 0.05) is 23.8 Å². The van der Waals surface area contributed by atoms with Gasteiger partial charge in [-0.3, -0.25) is 0 Å². The molecule has 0 spiro atoms. The first-order valence-corrected chi connectivity index (χ1v) is 13.9. The number of phenols is 1. The van der Waals surface area contributed by atoms with Crippen LogP contribution in [0.15, 0.2) is 35.9 Å². The predicted molar refractivity (Wildman–Crippen MR) is 147 cm³/mol. The molecular weight excluding hydrogens is 448 g/mol. The van der Waals surface area contributed by atoms with E-state index in [1.54, 1.807) is 0 Å². The Bertz CT molecular complexity index is 816. The minimum atomic E-state index is 0.0274. The Hall–Kier alpha value is -1.30. The first-order valence-electron chi connectivity index (χ1n) is 12.5. The lowest BCUT2D eigenvalue weighted by molar-refractivity contribution is 0.296. The molecule has 1 aromatic carbocycles. The minimum absolute atomic E-state index is 0.0274. The Labute approximate surface area is 210 Å². The Balaban J connectivity index is 2.29. The summed E-state index contributed by atoms with van der Waals surface area (Å²) in [6.45, 7) is 10.8. The summed E-state index contributed by atoms with van der Waals surface area (Å²) in [6, 6.07) is 4.00. The molecule has 0 radical (unpaired) electrons. The first-order chi connectivity index (χ1) is 15.9. The second-order valence-corrected chi connectivity index (χ2v) is 11.0. The van der Waals surface area contributed by atoms with E-state index in [1.807, 2.05) is 6.07 Å². The van der Waals surface area contributed by atoms with Crippen molar-refractivity contribution in [3.63, 3.8) is 0 Å². The molecule has 0 bridgehead atoms. The molecule has 1 aliphatic rings. The molecule has 0 amide bonds. The van der Waals surface area contributed by atoms with Crippen molar-refractivity contribution in [3.8, 4) is 11.5 Å². The van der Waals surface area contributed by atoms with Gasteiger partial charge in [0.1, 0.15) is 11.5 Å². The molecule has 0 fully saturated rings. The second-order valence-electron chi connectivity index (χ2n) is 9.35. The van der Waals surface area contributed by atoms with Crippen LogP contribution in [0.25, 0.3) is 0 Å². The van der Waals surface area contributed by atoms with Crippen LogP contribution in [-0.4, -0.2) is 27.0 Å². The highest BCUT2D eigenvalue weighted by atomic mass is 32.2. The SMILES string of the molecule is C=C(C)[C@@H]1CCC(C)=C[C@H]1c1c(O)cc(CCCCCCCC)cc1OC(=S)SCCCO. The van der Waals surface area contributed by atoms with Gasteiger partial charge in [0.25, 0.3) is 0 Å². The van der Waals surface area contributed by atoms with Gasteiger partial charge in [-0.2, -0.15) is 0 Å². The fraction of sp³-hybridized carbons (Fsp3) is 0.607. The first kappa shape index (κ1) is 27.9. The van der Waals surface area contributed by atoms with Gasteiger partial charge in [-0.25, -0.2) is 0 Å². The molecule has 2 atom stereocenters. The van der Waals surface area contributed by atoms with Crippen LogP contribution in [0.1, 0.15) is 95.6 Å². The maximum absolute atomic E-state index is 11.2. The van der Waals surface area contributed by atoms with E-state index >= 15 is 0 Å². The molecule has 0 unspecified atom stereocenters. The quantitative estimate of drug-likeness (QED) is 0.166. The molecule has 0 heterocycles. The van der Waals surface area contributed by atoms with E-state index in [0.29, 0.717) is 28.1 Å². The summed E-state index contributed by atoms with van der Waals surface area (Å²) in [4.78, 5) is 0. The van der Waals surface area contributed by atoms with Crippen molar-refractivity contribution in [3.05, 3.63) is 47.1 Å². The van der Waals surface area contributed by atoms with Crippen LogP contribution in [0.5, 0.6) is 11.5 Å². The number of allylic oxidation sites excluding steroid dienone is 3. The van der Waals surface area contributed by atoms with Crippen molar-refractivity contribution in [2.75, 3.05) is 12.4 Å². The third-order valence-electron chi connectivity index (χ3n) is 6.43. The van der Waals surface area contributed by atoms with E-state index < -0.39 is 0 Å². The lowest BCUT2D eigenvalue weighted by Gasteiger charge is -2.32. The summed E-state index contributed by atoms with van der Waals surface area (Å²) in [7, 11) is 0. The molecule has 2 rings (SSSR count). The summed E-state index contributed by atoms with van der Waals surface area (Å²) in [6.07, 6.45) is 13.4. The molecule has 0 aliphatic heterocycles. The molecule has 0 saturated heterocycles. The van der Waals surface area contributed by atoms with Crippen LogP contribution in [0.3, 0.4) is 0 Å². The van der Waals surface area contributed by atoms with Gasteiger partial charge in [0.15, 0.2) is 0 Å². The number of rotatable bonds is 13. The second kappa shape index (κ2) is 14.9. The molecule has 0 saturated carbocycles. The lowest BCUT2D eigenvalue weighted by atomic mass is 9.73. The van der Waals surface area contributed by atoms with Gasteiger partial charge in [0.2, 0.25) is 4.38 Å². The Morgan fingerprint density at radius 2 is 1.91 bits per heavy atom. The summed E-state index contributed by atoms with van der Waals surface area (Å²) in [5.41, 5.74) is 4.37. The van der Waals surface area contributed by atoms with E-state index in [0.717, 1.165) is 42.4 Å². The highest BCUT2D eigenvalue weighted by Gasteiger charge is 2.31. The number of thiocarbonyl (C=S) groups is 1. The number of phenolic OH excluding ortho intramolecular Hbond substituents is 1. The normalized spacial score (nSPS) is 18.1. The Morgan fingerprint density at radius 1 is 1.18 bits per heavy atom. The fourth-order valence-electron chi connectivity index (χ4n) is 4.59. The summed E-state index contributed by atoms with van der Waals surface area (Å²) in [5.74, 6) is 1.96. The zero-order valence-electron chi connectivity index (χ0n) is 20.7. The van der Waals surface area contributed by atoms with Crippen LogP contribution in [0.2, 0.25) is 0 Å². The van der Waals surface area contributed by atoms with Crippen LogP contribution < -0.4 is 4.74 Å². The Morgan fingerprint density at radius 3 is 2.61 bits per heavy atom. The largest absolute Gasteiger partial charge is 0.507 e. The molecule has 1 aromatic rings. The van der Waals surface area contributed by atoms with Gasteiger partial charge >= 0.3 is 0 Å². The van der Waals surface area contributed by atoms with Gasteiger partial charge in [-0.05, 0) is 81.8 Å². The monoisotopic (exact) mass is 490 g/mol. The number of aryl methyl sites for hydroxylation is 1. The van der Waals surface area contributed by atoms with Crippen molar-refractivity contribution in [1.29, 1.82) is 0 Å². The third kappa shape index (κ3) is 9.11. The van der Waals surface area contributed by atoms with E-state index in [4.69, 9.17) is 22.1 Å². The van der Waals surface area contributed by atoms with Crippen LogP contribution >= 0.6 is 24.0 Å². The molecule has 0 aromatic heterocycles. The smallest absolute Gasteiger partial charge is 0.225 e. The molecular formula is C28H42O3S2. The number of aliphatic hydroxyl groups is 1. The number of benzene rings is 1. The van der Waals surface area contributed by atoms with Gasteiger partial charge in [-0.1, -0.05) is 74.6 Å². The van der Waals surface area contributed by atoms with Crippen molar-refractivity contribution < 1.29 is 14.9 Å². The number of hydrogen-bond donors (Lipinski definition) is 2. The highest BCUT2D eigenvalue weighted by Crippen LogP contribution is 2.47. The zero-order valence-corrected chi connectivity index (χ0v) is 22.3. The zero-order chi connectivity index (χ0) is 24.2. The number of aromatic hydroxyl groups is 1. The maximum Gasteiger partial charge on any atom is 0.225 e. The van der Waals surface area contributed by atoms with Gasteiger partial charge in [-0.15, -0.1) is 0 Å². The lowest BCUT2D eigenvalue weighted by Crippen LogP contribution is -2.18. The number of thioether (sulfide) groups is 1. The number of ether oxygens (including phenoxy) is 1. The van der Waals surface area contributed by atoms with E-state index in [2.05, 4.69) is 39.5 Å². The van der Waals surface area contributed by atoms with Crippen LogP contribution in [0.4, 0.5) is 0 Å². The summed E-state index contributed by atoms with van der Waals surface area (Å²) in [5, 5.41) is 20.3. The number of aliphatic hydroxyl groups excluding tert-OH is 1. The van der Waals surface area contributed by atoms with Crippen LogP contribution in [0, 0.1) is 5.92 Å². The van der Waals surface area contributed by atoms with Gasteiger partial charge in [0.05, 0.1) is 0 Å². The third-order valence-corrected chi connectivity index (χ3v) is 7.68. The summed E-state index contributed by atoms with van der Waals surface area (Å²) < 4.78 is 6.62.